The van der Waals surface area contributed by atoms with E-state index in [2.05, 4.69) is 34.7 Å². The van der Waals surface area contributed by atoms with Gasteiger partial charge in [-0.1, -0.05) is 66.2 Å². The molecule has 0 spiro atoms. The fraction of sp³-hybridized carbons (Fsp3) is 0.138. The van der Waals surface area contributed by atoms with Gasteiger partial charge in [0.15, 0.2) is 5.13 Å². The highest BCUT2D eigenvalue weighted by molar-refractivity contribution is 8.00. The maximum absolute atomic E-state index is 12.9. The van der Waals surface area contributed by atoms with Gasteiger partial charge in [-0.05, 0) is 50.6 Å². The maximum atomic E-state index is 12.9. The Kier molecular flexibility index (Phi) is 8.36. The summed E-state index contributed by atoms with van der Waals surface area (Å²) in [5.41, 5.74) is 4.75. The molecule has 0 saturated heterocycles. The van der Waals surface area contributed by atoms with E-state index in [0.717, 1.165) is 26.6 Å². The van der Waals surface area contributed by atoms with Crippen molar-refractivity contribution in [3.05, 3.63) is 101 Å². The molecule has 7 heteroatoms. The van der Waals surface area contributed by atoms with Crippen LogP contribution in [0.15, 0.2) is 89.8 Å². The highest BCUT2D eigenvalue weighted by Crippen LogP contribution is 2.32. The van der Waals surface area contributed by atoms with Gasteiger partial charge < -0.3 is 10.6 Å². The van der Waals surface area contributed by atoms with E-state index in [1.54, 1.807) is 6.08 Å². The number of thiazole rings is 1. The van der Waals surface area contributed by atoms with Crippen LogP contribution in [-0.2, 0) is 9.59 Å². The molecule has 2 N–H and O–H groups in total. The number of aromatic nitrogens is 1. The summed E-state index contributed by atoms with van der Waals surface area (Å²) in [6.45, 7) is 5.92. The number of rotatable bonds is 8. The summed E-state index contributed by atoms with van der Waals surface area (Å²) >= 11 is 2.90. The topological polar surface area (TPSA) is 71.1 Å². The monoisotopic (exact) mass is 513 g/mol. The number of carbonyl (C=O) groups is 2. The number of nitrogens with zero attached hydrogens (tertiary/aromatic N) is 1. The molecule has 1 atom stereocenters. The third-order valence-electron chi connectivity index (χ3n) is 5.36. The summed E-state index contributed by atoms with van der Waals surface area (Å²) in [6.07, 6.45) is 3.27. The summed E-state index contributed by atoms with van der Waals surface area (Å²) in [5.74, 6) is -0.334. The Balaban J connectivity index is 1.35. The third-order valence-corrected chi connectivity index (χ3v) is 7.34. The fourth-order valence-corrected chi connectivity index (χ4v) is 5.23. The first kappa shape index (κ1) is 25.4. The molecule has 0 radical (unpaired) electrons. The van der Waals surface area contributed by atoms with Crippen LogP contribution in [0.2, 0.25) is 0 Å². The summed E-state index contributed by atoms with van der Waals surface area (Å²) in [4.78, 5) is 31.8. The smallest absolute Gasteiger partial charge is 0.248 e. The van der Waals surface area contributed by atoms with E-state index in [1.165, 1.54) is 34.7 Å². The second kappa shape index (κ2) is 11.8. The van der Waals surface area contributed by atoms with E-state index in [9.17, 15) is 9.59 Å². The van der Waals surface area contributed by atoms with Crippen LogP contribution in [0.1, 0.15) is 22.9 Å². The Hall–Kier alpha value is -3.68. The Morgan fingerprint density at radius 3 is 2.44 bits per heavy atom. The van der Waals surface area contributed by atoms with Gasteiger partial charge in [0.1, 0.15) is 0 Å². The van der Waals surface area contributed by atoms with Gasteiger partial charge in [0, 0.05) is 27.1 Å². The molecule has 0 bridgehead atoms. The number of anilines is 2. The zero-order chi connectivity index (χ0) is 25.5. The van der Waals surface area contributed by atoms with Crippen molar-refractivity contribution in [3.63, 3.8) is 0 Å². The number of benzene rings is 3. The molecule has 36 heavy (non-hydrogen) atoms. The third kappa shape index (κ3) is 6.93. The van der Waals surface area contributed by atoms with E-state index in [4.69, 9.17) is 0 Å². The van der Waals surface area contributed by atoms with Crippen LogP contribution in [-0.4, -0.2) is 22.0 Å². The molecule has 0 aliphatic carbocycles. The Labute approximate surface area is 219 Å². The lowest BCUT2D eigenvalue weighted by atomic mass is 10.1. The summed E-state index contributed by atoms with van der Waals surface area (Å²) in [6, 6.07) is 25.3. The molecule has 4 aromatic rings. The quantitative estimate of drug-likeness (QED) is 0.193. The first-order chi connectivity index (χ1) is 17.4. The van der Waals surface area contributed by atoms with Gasteiger partial charge in [0.2, 0.25) is 11.8 Å². The first-order valence-corrected chi connectivity index (χ1v) is 13.2. The minimum atomic E-state index is -0.346. The molecule has 0 aliphatic heterocycles. The zero-order valence-electron chi connectivity index (χ0n) is 20.3. The van der Waals surface area contributed by atoms with Gasteiger partial charge in [0.05, 0.1) is 10.9 Å². The van der Waals surface area contributed by atoms with Crippen molar-refractivity contribution in [2.45, 2.75) is 30.9 Å². The van der Waals surface area contributed by atoms with Crippen molar-refractivity contribution in [2.75, 3.05) is 10.6 Å². The second-order valence-electron chi connectivity index (χ2n) is 8.30. The van der Waals surface area contributed by atoms with Gasteiger partial charge in [-0.15, -0.1) is 23.1 Å². The zero-order valence-corrected chi connectivity index (χ0v) is 22.0. The molecule has 0 saturated carbocycles. The van der Waals surface area contributed by atoms with Crippen LogP contribution < -0.4 is 10.6 Å². The molecule has 2 amide bonds. The summed E-state index contributed by atoms with van der Waals surface area (Å²) in [7, 11) is 0. The van der Waals surface area contributed by atoms with Gasteiger partial charge >= 0.3 is 0 Å². The molecule has 0 aliphatic rings. The predicted octanol–water partition coefficient (Wildman–Crippen LogP) is 7.20. The van der Waals surface area contributed by atoms with Crippen LogP contribution >= 0.6 is 23.1 Å². The van der Waals surface area contributed by atoms with Crippen LogP contribution in [0.5, 0.6) is 0 Å². The van der Waals surface area contributed by atoms with Crippen molar-refractivity contribution < 1.29 is 9.59 Å². The number of amides is 2. The van der Waals surface area contributed by atoms with Crippen LogP contribution in [0.3, 0.4) is 0 Å². The van der Waals surface area contributed by atoms with Crippen molar-refractivity contribution in [3.8, 4) is 11.3 Å². The SMILES string of the molecule is Cc1ccc(-c2nc(NC(=O)C(C)Sc3cccc(NC(=O)/C=C/c4ccccc4)c3)sc2C)cc1. The Morgan fingerprint density at radius 2 is 1.69 bits per heavy atom. The van der Waals surface area contributed by atoms with Gasteiger partial charge in [-0.25, -0.2) is 4.98 Å². The molecular weight excluding hydrogens is 486 g/mol. The van der Waals surface area contributed by atoms with Crippen LogP contribution in [0, 0.1) is 13.8 Å². The highest BCUT2D eigenvalue weighted by Gasteiger charge is 2.18. The Bertz CT molecular complexity index is 1380. The van der Waals surface area contributed by atoms with Crippen molar-refractivity contribution in [2.24, 2.45) is 0 Å². The average molecular weight is 514 g/mol. The standard InChI is InChI=1S/C29H27N3O2S2/c1-19-12-15-23(16-13-19)27-20(2)36-29(31-27)32-28(34)21(3)35-25-11-7-10-24(18-25)30-26(33)17-14-22-8-5-4-6-9-22/h4-18,21H,1-3H3,(H,30,33)(H,31,32,34)/b17-14+. The average Bonchev–Trinajstić information content (AvgIpc) is 3.23. The van der Waals surface area contributed by atoms with Gasteiger partial charge in [-0.2, -0.15) is 0 Å². The first-order valence-electron chi connectivity index (χ1n) is 11.5. The summed E-state index contributed by atoms with van der Waals surface area (Å²) in [5, 5.41) is 6.07. The Morgan fingerprint density at radius 1 is 0.944 bits per heavy atom. The van der Waals surface area contributed by atoms with Crippen LogP contribution in [0.25, 0.3) is 17.3 Å². The minimum Gasteiger partial charge on any atom is -0.322 e. The molecule has 1 heterocycles. The minimum absolute atomic E-state index is 0.121. The summed E-state index contributed by atoms with van der Waals surface area (Å²) < 4.78 is 0. The van der Waals surface area contributed by atoms with Crippen molar-refractivity contribution in [1.82, 2.24) is 4.98 Å². The van der Waals surface area contributed by atoms with Gasteiger partial charge in [0.25, 0.3) is 0 Å². The fourth-order valence-electron chi connectivity index (χ4n) is 3.46. The number of hydrogen-bond donors (Lipinski definition) is 2. The molecular formula is C29H27N3O2S2. The lowest BCUT2D eigenvalue weighted by Crippen LogP contribution is -2.22. The number of hydrogen-bond acceptors (Lipinski definition) is 5. The number of thioether (sulfide) groups is 1. The number of carbonyl (C=O) groups excluding carboxylic acids is 2. The van der Waals surface area contributed by atoms with E-state index in [-0.39, 0.29) is 17.1 Å². The number of aryl methyl sites for hydroxylation is 2. The van der Waals surface area contributed by atoms with Gasteiger partial charge in [-0.3, -0.25) is 9.59 Å². The lowest BCUT2D eigenvalue weighted by molar-refractivity contribution is -0.115. The van der Waals surface area contributed by atoms with Crippen molar-refractivity contribution in [1.29, 1.82) is 0 Å². The highest BCUT2D eigenvalue weighted by atomic mass is 32.2. The molecule has 5 nitrogen and oxygen atoms in total. The van der Waals surface area contributed by atoms with Crippen LogP contribution in [0.4, 0.5) is 10.8 Å². The van der Waals surface area contributed by atoms with E-state index in [0.29, 0.717) is 10.8 Å². The maximum Gasteiger partial charge on any atom is 0.248 e. The molecule has 1 unspecified atom stereocenters. The molecule has 182 valence electrons. The van der Waals surface area contributed by atoms with Crippen molar-refractivity contribution >= 4 is 51.8 Å². The molecule has 0 fully saturated rings. The molecule has 3 aromatic carbocycles. The van der Waals surface area contributed by atoms with E-state index >= 15 is 0 Å². The second-order valence-corrected chi connectivity index (χ2v) is 10.9. The molecule has 4 rings (SSSR count). The normalized spacial score (nSPS) is 11.9. The molecule has 1 aromatic heterocycles. The largest absolute Gasteiger partial charge is 0.322 e. The van der Waals surface area contributed by atoms with E-state index < -0.39 is 0 Å². The van der Waals surface area contributed by atoms with E-state index in [1.807, 2.05) is 80.6 Å². The lowest BCUT2D eigenvalue weighted by Gasteiger charge is -2.11. The predicted molar refractivity (Wildman–Crippen MR) is 152 cm³/mol. The number of nitrogens with one attached hydrogen (secondary N) is 2.